The van der Waals surface area contributed by atoms with Crippen molar-refractivity contribution in [2.75, 3.05) is 11.9 Å². The molecule has 0 saturated heterocycles. The number of aryl methyl sites for hydroxylation is 1. The molecule has 0 aliphatic carbocycles. The maximum absolute atomic E-state index is 12.0. The summed E-state index contributed by atoms with van der Waals surface area (Å²) in [7, 11) is 0. The highest BCUT2D eigenvalue weighted by Crippen LogP contribution is 2.22. The van der Waals surface area contributed by atoms with Gasteiger partial charge in [-0.25, -0.2) is 14.9 Å². The minimum atomic E-state index is -4.73. The lowest BCUT2D eigenvalue weighted by molar-refractivity contribution is -0.274. The number of anilines is 1. The molecule has 10 heteroatoms. The second-order valence-corrected chi connectivity index (χ2v) is 4.08. The minimum Gasteiger partial charge on any atom is -0.404 e. The van der Waals surface area contributed by atoms with E-state index in [1.807, 2.05) is 0 Å². The van der Waals surface area contributed by atoms with E-state index in [-0.39, 0.29) is 11.4 Å². The average molecular weight is 303 g/mol. The molecule has 0 unspecified atom stereocenters. The van der Waals surface area contributed by atoms with E-state index < -0.39 is 6.36 Å². The molecular weight excluding hydrogens is 291 g/mol. The second-order valence-electron chi connectivity index (χ2n) is 4.08. The number of nitrogens with zero attached hydrogens (tertiary/aromatic N) is 2. The van der Waals surface area contributed by atoms with Crippen LogP contribution in [0.25, 0.3) is 0 Å². The SMILES string of the molecule is O=c1[nH]nc(CCCNc2ccc(OC(F)(F)F)cn2)[nH]1. The molecule has 2 heterocycles. The highest BCUT2D eigenvalue weighted by molar-refractivity contribution is 5.37. The topological polar surface area (TPSA) is 95.7 Å². The fraction of sp³-hybridized carbons (Fsp3) is 0.364. The summed E-state index contributed by atoms with van der Waals surface area (Å²) < 4.78 is 39.6. The predicted octanol–water partition coefficient (Wildman–Crippen LogP) is 1.44. The van der Waals surface area contributed by atoms with Crippen LogP contribution in [-0.2, 0) is 6.42 Å². The molecule has 2 aromatic heterocycles. The Bertz CT molecular complexity index is 620. The molecule has 0 aliphatic rings. The van der Waals surface area contributed by atoms with E-state index in [4.69, 9.17) is 0 Å². The molecule has 0 fully saturated rings. The molecule has 0 aliphatic heterocycles. The molecule has 0 atom stereocenters. The van der Waals surface area contributed by atoms with Gasteiger partial charge in [0.2, 0.25) is 0 Å². The second kappa shape index (κ2) is 6.29. The molecule has 0 bridgehead atoms. The van der Waals surface area contributed by atoms with Crippen molar-refractivity contribution in [1.29, 1.82) is 0 Å². The van der Waals surface area contributed by atoms with Crippen molar-refractivity contribution >= 4 is 5.82 Å². The van der Waals surface area contributed by atoms with Crippen molar-refractivity contribution in [1.82, 2.24) is 20.2 Å². The fourth-order valence-electron chi connectivity index (χ4n) is 1.57. The number of nitrogens with one attached hydrogen (secondary N) is 3. The Morgan fingerprint density at radius 1 is 1.33 bits per heavy atom. The summed E-state index contributed by atoms with van der Waals surface area (Å²) in [4.78, 5) is 17.1. The van der Waals surface area contributed by atoms with Gasteiger partial charge in [0.05, 0.1) is 6.20 Å². The first-order valence-electron chi connectivity index (χ1n) is 6.01. The largest absolute Gasteiger partial charge is 0.573 e. The zero-order chi connectivity index (χ0) is 15.3. The first-order valence-corrected chi connectivity index (χ1v) is 6.01. The number of alkyl halides is 3. The van der Waals surface area contributed by atoms with Crippen LogP contribution in [0.15, 0.2) is 23.1 Å². The number of ether oxygens (including phenoxy) is 1. The Balaban J connectivity index is 1.74. The Hall–Kier alpha value is -2.52. The van der Waals surface area contributed by atoms with Gasteiger partial charge < -0.3 is 10.1 Å². The van der Waals surface area contributed by atoms with Gasteiger partial charge in [-0.3, -0.25) is 4.98 Å². The maximum atomic E-state index is 12.0. The van der Waals surface area contributed by atoms with E-state index in [1.54, 1.807) is 0 Å². The van der Waals surface area contributed by atoms with E-state index in [0.29, 0.717) is 31.0 Å². The average Bonchev–Trinajstić information content (AvgIpc) is 2.81. The Labute approximate surface area is 116 Å². The molecule has 0 radical (unpaired) electrons. The van der Waals surface area contributed by atoms with E-state index in [1.165, 1.54) is 12.1 Å². The van der Waals surface area contributed by atoms with Crippen molar-refractivity contribution in [3.63, 3.8) is 0 Å². The fourth-order valence-corrected chi connectivity index (χ4v) is 1.57. The Morgan fingerprint density at radius 3 is 2.71 bits per heavy atom. The maximum Gasteiger partial charge on any atom is 0.573 e. The van der Waals surface area contributed by atoms with Gasteiger partial charge in [0.25, 0.3) is 0 Å². The number of H-pyrrole nitrogens is 2. The molecule has 7 nitrogen and oxygen atoms in total. The highest BCUT2D eigenvalue weighted by Gasteiger charge is 2.31. The van der Waals surface area contributed by atoms with Gasteiger partial charge >= 0.3 is 12.1 Å². The van der Waals surface area contributed by atoms with Crippen molar-refractivity contribution < 1.29 is 17.9 Å². The Kier molecular flexibility index (Phi) is 4.45. The van der Waals surface area contributed by atoms with Gasteiger partial charge in [-0.05, 0) is 18.6 Å². The predicted molar refractivity (Wildman–Crippen MR) is 66.9 cm³/mol. The monoisotopic (exact) mass is 303 g/mol. The molecule has 114 valence electrons. The number of aromatic nitrogens is 4. The van der Waals surface area contributed by atoms with Gasteiger partial charge in [0.1, 0.15) is 17.4 Å². The van der Waals surface area contributed by atoms with Crippen LogP contribution in [0.3, 0.4) is 0 Å². The van der Waals surface area contributed by atoms with Crippen LogP contribution in [0.2, 0.25) is 0 Å². The highest BCUT2D eigenvalue weighted by atomic mass is 19.4. The van der Waals surface area contributed by atoms with Crippen LogP contribution >= 0.6 is 0 Å². The summed E-state index contributed by atoms with van der Waals surface area (Å²) >= 11 is 0. The Morgan fingerprint density at radius 2 is 2.14 bits per heavy atom. The van der Waals surface area contributed by atoms with Crippen molar-refractivity contribution in [2.45, 2.75) is 19.2 Å². The van der Waals surface area contributed by atoms with Gasteiger partial charge in [-0.2, -0.15) is 5.10 Å². The van der Waals surface area contributed by atoms with Gasteiger partial charge in [-0.15, -0.1) is 13.2 Å². The van der Waals surface area contributed by atoms with Crippen LogP contribution in [0.1, 0.15) is 12.2 Å². The third-order valence-corrected chi connectivity index (χ3v) is 2.42. The van der Waals surface area contributed by atoms with Crippen molar-refractivity contribution in [3.05, 3.63) is 34.6 Å². The summed E-state index contributed by atoms with van der Waals surface area (Å²) in [6, 6.07) is 2.56. The summed E-state index contributed by atoms with van der Waals surface area (Å²) in [6.45, 7) is 0.529. The molecule has 0 aromatic carbocycles. The first kappa shape index (κ1) is 14.9. The molecule has 2 aromatic rings. The van der Waals surface area contributed by atoms with E-state index >= 15 is 0 Å². The van der Waals surface area contributed by atoms with E-state index in [9.17, 15) is 18.0 Å². The third kappa shape index (κ3) is 5.16. The van der Waals surface area contributed by atoms with E-state index in [0.717, 1.165) is 6.20 Å². The normalized spacial score (nSPS) is 11.4. The third-order valence-electron chi connectivity index (χ3n) is 2.42. The lowest BCUT2D eigenvalue weighted by atomic mass is 10.3. The van der Waals surface area contributed by atoms with Gasteiger partial charge in [-0.1, -0.05) is 0 Å². The molecule has 0 spiro atoms. The molecule has 3 N–H and O–H groups in total. The van der Waals surface area contributed by atoms with Crippen molar-refractivity contribution in [2.24, 2.45) is 0 Å². The first-order chi connectivity index (χ1) is 9.92. The number of halogens is 3. The molecular formula is C11H12F3N5O2. The van der Waals surface area contributed by atoms with Crippen molar-refractivity contribution in [3.8, 4) is 5.75 Å². The lowest BCUT2D eigenvalue weighted by Crippen LogP contribution is -2.17. The summed E-state index contributed by atoms with van der Waals surface area (Å²) in [5.41, 5.74) is -0.361. The number of hydrogen-bond acceptors (Lipinski definition) is 5. The van der Waals surface area contributed by atoms with E-state index in [2.05, 4.69) is 30.2 Å². The molecule has 21 heavy (non-hydrogen) atoms. The number of rotatable bonds is 6. The van der Waals surface area contributed by atoms with Crippen LogP contribution in [-0.4, -0.2) is 33.1 Å². The zero-order valence-electron chi connectivity index (χ0n) is 10.7. The van der Waals surface area contributed by atoms with Crippen LogP contribution in [0.5, 0.6) is 5.75 Å². The summed E-state index contributed by atoms with van der Waals surface area (Å²) in [5, 5.41) is 8.93. The standard InChI is InChI=1S/C11H12F3N5O2/c12-11(13,14)21-7-3-4-8(16-6-7)15-5-1-2-9-17-10(20)19-18-9/h3-4,6H,1-2,5H2,(H,15,16)(H2,17,18,19,20). The lowest BCUT2D eigenvalue weighted by Gasteiger charge is -2.09. The minimum absolute atomic E-state index is 0.361. The quantitative estimate of drug-likeness (QED) is 0.702. The number of hydrogen-bond donors (Lipinski definition) is 3. The molecule has 0 amide bonds. The molecule has 0 saturated carbocycles. The van der Waals surface area contributed by atoms with Crippen LogP contribution < -0.4 is 15.7 Å². The summed E-state index contributed by atoms with van der Waals surface area (Å²) in [6.07, 6.45) is -2.51. The van der Waals surface area contributed by atoms with Gasteiger partial charge in [0.15, 0.2) is 0 Å². The smallest absolute Gasteiger partial charge is 0.404 e. The summed E-state index contributed by atoms with van der Waals surface area (Å²) in [5.74, 6) is 0.603. The zero-order valence-corrected chi connectivity index (χ0v) is 10.7. The number of aromatic amines is 2. The van der Waals surface area contributed by atoms with Gasteiger partial charge in [0, 0.05) is 13.0 Å². The van der Waals surface area contributed by atoms with Crippen LogP contribution in [0, 0.1) is 0 Å². The van der Waals surface area contributed by atoms with Crippen LogP contribution in [0.4, 0.5) is 19.0 Å². The number of pyridine rings is 1. The molecule has 2 rings (SSSR count).